The van der Waals surface area contributed by atoms with E-state index in [4.69, 9.17) is 0 Å². The second-order valence-corrected chi connectivity index (χ2v) is 6.02. The van der Waals surface area contributed by atoms with Gasteiger partial charge in [0.05, 0.1) is 5.56 Å². The summed E-state index contributed by atoms with van der Waals surface area (Å²) in [6, 6.07) is 14.7. The van der Waals surface area contributed by atoms with E-state index in [-0.39, 0.29) is 11.8 Å². The second-order valence-electron chi connectivity index (χ2n) is 6.02. The zero-order chi connectivity index (χ0) is 18.0. The monoisotopic (exact) mass is 336 g/mol. The highest BCUT2D eigenvalue weighted by Gasteiger charge is 2.16. The largest absolute Gasteiger partial charge is 0.378 e. The van der Waals surface area contributed by atoms with Crippen LogP contribution < -0.4 is 15.8 Å². The quantitative estimate of drug-likeness (QED) is 0.644. The van der Waals surface area contributed by atoms with Gasteiger partial charge in [-0.25, -0.2) is 0 Å². The molecule has 2 amide bonds. The molecule has 0 bridgehead atoms. The maximum absolute atomic E-state index is 12.5. The number of aryl methyl sites for hydroxylation is 1. The number of para-hydroxylation sites is 1. The van der Waals surface area contributed by atoms with Crippen LogP contribution in [0, 0.1) is 6.92 Å². The number of fused-ring (bicyclic) bond motifs is 1. The molecule has 0 fully saturated rings. The molecule has 0 unspecified atom stereocenters. The Kier molecular flexibility index (Phi) is 4.43. The number of nitrogens with one attached hydrogen (secondary N) is 3. The Morgan fingerprint density at radius 2 is 1.68 bits per heavy atom. The van der Waals surface area contributed by atoms with Crippen LogP contribution in [0.15, 0.2) is 48.5 Å². The molecule has 1 heterocycles. The minimum atomic E-state index is -0.366. The molecule has 0 radical (unpaired) electrons. The fourth-order valence-electron chi connectivity index (χ4n) is 2.74. The van der Waals surface area contributed by atoms with Crippen molar-refractivity contribution in [3.63, 3.8) is 0 Å². The summed E-state index contributed by atoms with van der Waals surface area (Å²) in [5, 5.41) is 0.821. The summed E-state index contributed by atoms with van der Waals surface area (Å²) >= 11 is 0. The highest BCUT2D eigenvalue weighted by Crippen LogP contribution is 2.21. The van der Waals surface area contributed by atoms with Gasteiger partial charge in [-0.2, -0.15) is 0 Å². The van der Waals surface area contributed by atoms with Gasteiger partial charge in [0.15, 0.2) is 0 Å². The van der Waals surface area contributed by atoms with E-state index in [1.807, 2.05) is 56.3 Å². The smallest absolute Gasteiger partial charge is 0.272 e. The highest BCUT2D eigenvalue weighted by molar-refractivity contribution is 6.09. The van der Waals surface area contributed by atoms with Crippen LogP contribution >= 0.6 is 0 Å². The van der Waals surface area contributed by atoms with Crippen LogP contribution in [-0.2, 0) is 0 Å². The van der Waals surface area contributed by atoms with Crippen molar-refractivity contribution in [1.82, 2.24) is 15.8 Å². The third-order valence-corrected chi connectivity index (χ3v) is 4.03. The Morgan fingerprint density at radius 1 is 0.960 bits per heavy atom. The Bertz CT molecular complexity index is 944. The number of hydrogen-bond acceptors (Lipinski definition) is 3. The predicted octanol–water partition coefficient (Wildman–Crippen LogP) is 2.62. The summed E-state index contributed by atoms with van der Waals surface area (Å²) in [6.45, 7) is 1.83. The van der Waals surface area contributed by atoms with Crippen molar-refractivity contribution < 1.29 is 9.59 Å². The van der Waals surface area contributed by atoms with Crippen molar-refractivity contribution in [2.45, 2.75) is 6.92 Å². The number of carbonyl (C=O) groups excluding carboxylic acids is 2. The minimum absolute atomic E-state index is 0.355. The van der Waals surface area contributed by atoms with Crippen LogP contribution in [-0.4, -0.2) is 30.9 Å². The van der Waals surface area contributed by atoms with Crippen LogP contribution in [0.25, 0.3) is 10.9 Å². The fourth-order valence-corrected chi connectivity index (χ4v) is 2.74. The van der Waals surface area contributed by atoms with Gasteiger partial charge in [-0.3, -0.25) is 20.4 Å². The zero-order valence-electron chi connectivity index (χ0n) is 14.4. The number of nitrogens with zero attached hydrogens (tertiary/aromatic N) is 1. The number of carbonyl (C=O) groups is 2. The minimum Gasteiger partial charge on any atom is -0.378 e. The highest BCUT2D eigenvalue weighted by atomic mass is 16.2. The first-order valence-corrected chi connectivity index (χ1v) is 7.92. The predicted molar refractivity (Wildman–Crippen MR) is 98.7 cm³/mol. The van der Waals surface area contributed by atoms with Gasteiger partial charge in [-0.1, -0.05) is 24.3 Å². The van der Waals surface area contributed by atoms with Gasteiger partial charge in [0.25, 0.3) is 11.8 Å². The lowest BCUT2D eigenvalue weighted by Crippen LogP contribution is -2.41. The van der Waals surface area contributed by atoms with Crippen LogP contribution in [0.2, 0.25) is 0 Å². The summed E-state index contributed by atoms with van der Waals surface area (Å²) < 4.78 is 0. The molecule has 3 N–H and O–H groups in total. The molecule has 0 atom stereocenters. The van der Waals surface area contributed by atoms with E-state index < -0.39 is 0 Å². The van der Waals surface area contributed by atoms with E-state index >= 15 is 0 Å². The number of hydrazine groups is 1. The summed E-state index contributed by atoms with van der Waals surface area (Å²) in [6.07, 6.45) is 0. The number of rotatable bonds is 3. The van der Waals surface area contributed by atoms with E-state index in [0.717, 1.165) is 22.3 Å². The first-order chi connectivity index (χ1) is 12.0. The molecule has 25 heavy (non-hydrogen) atoms. The number of benzene rings is 2. The molecular formula is C19H20N4O2. The lowest BCUT2D eigenvalue weighted by molar-refractivity contribution is 0.0847. The van der Waals surface area contributed by atoms with Crippen molar-refractivity contribution in [2.24, 2.45) is 0 Å². The lowest BCUT2D eigenvalue weighted by atomic mass is 10.1. The average Bonchev–Trinajstić information content (AvgIpc) is 2.95. The standard InChI is InChI=1S/C19H20N4O2/c1-12-17(15-9-4-5-10-16(15)20-12)19(25)22-21-18(24)13-7-6-8-14(11-13)23(2)3/h4-11,20H,1-3H3,(H,21,24)(H,22,25). The lowest BCUT2D eigenvalue weighted by Gasteiger charge is -2.13. The summed E-state index contributed by atoms with van der Waals surface area (Å²) in [5.41, 5.74) is 8.51. The van der Waals surface area contributed by atoms with E-state index in [1.165, 1.54) is 0 Å². The number of anilines is 1. The van der Waals surface area contributed by atoms with E-state index in [2.05, 4.69) is 15.8 Å². The molecule has 0 saturated carbocycles. The average molecular weight is 336 g/mol. The van der Waals surface area contributed by atoms with E-state index in [9.17, 15) is 9.59 Å². The molecule has 0 aliphatic heterocycles. The molecule has 6 nitrogen and oxygen atoms in total. The molecule has 0 aliphatic carbocycles. The fraction of sp³-hybridized carbons (Fsp3) is 0.158. The first kappa shape index (κ1) is 16.6. The van der Waals surface area contributed by atoms with E-state index in [0.29, 0.717) is 11.1 Å². The Hall–Kier alpha value is -3.28. The van der Waals surface area contributed by atoms with Crippen molar-refractivity contribution in [2.75, 3.05) is 19.0 Å². The van der Waals surface area contributed by atoms with E-state index in [1.54, 1.807) is 18.2 Å². The summed E-state index contributed by atoms with van der Waals surface area (Å²) in [7, 11) is 3.80. The summed E-state index contributed by atoms with van der Waals surface area (Å²) in [5.74, 6) is -0.721. The van der Waals surface area contributed by atoms with Gasteiger partial charge in [0.2, 0.25) is 0 Å². The van der Waals surface area contributed by atoms with Gasteiger partial charge < -0.3 is 9.88 Å². The SMILES string of the molecule is Cc1[nH]c2ccccc2c1C(=O)NNC(=O)c1cccc(N(C)C)c1. The Morgan fingerprint density at radius 3 is 2.44 bits per heavy atom. The third-order valence-electron chi connectivity index (χ3n) is 4.03. The molecule has 6 heteroatoms. The van der Waals surface area contributed by atoms with Crippen LogP contribution in [0.3, 0.4) is 0 Å². The normalized spacial score (nSPS) is 10.5. The Labute approximate surface area is 145 Å². The summed E-state index contributed by atoms with van der Waals surface area (Å²) in [4.78, 5) is 29.9. The molecule has 0 spiro atoms. The molecule has 0 saturated heterocycles. The van der Waals surface area contributed by atoms with Crippen LogP contribution in [0.4, 0.5) is 5.69 Å². The number of hydrogen-bond donors (Lipinski definition) is 3. The zero-order valence-corrected chi connectivity index (χ0v) is 14.4. The van der Waals surface area contributed by atoms with Gasteiger partial charge >= 0.3 is 0 Å². The number of aromatic nitrogens is 1. The molecule has 1 aromatic heterocycles. The maximum atomic E-state index is 12.5. The maximum Gasteiger partial charge on any atom is 0.272 e. The van der Waals surface area contributed by atoms with Gasteiger partial charge in [-0.15, -0.1) is 0 Å². The topological polar surface area (TPSA) is 77.2 Å². The van der Waals surface area contributed by atoms with Gasteiger partial charge in [0, 0.05) is 41.9 Å². The third kappa shape index (κ3) is 3.33. The Balaban J connectivity index is 1.74. The number of amides is 2. The molecule has 3 aromatic rings. The molecule has 0 aliphatic rings. The van der Waals surface area contributed by atoms with Crippen LogP contribution in [0.1, 0.15) is 26.4 Å². The number of H-pyrrole nitrogens is 1. The number of aromatic amines is 1. The van der Waals surface area contributed by atoms with Gasteiger partial charge in [-0.05, 0) is 31.2 Å². The van der Waals surface area contributed by atoms with Crippen molar-refractivity contribution in [3.05, 3.63) is 65.4 Å². The van der Waals surface area contributed by atoms with Crippen molar-refractivity contribution in [3.8, 4) is 0 Å². The second kappa shape index (κ2) is 6.68. The van der Waals surface area contributed by atoms with Crippen molar-refractivity contribution in [1.29, 1.82) is 0 Å². The molecule has 2 aromatic carbocycles. The van der Waals surface area contributed by atoms with Gasteiger partial charge in [0.1, 0.15) is 0 Å². The van der Waals surface area contributed by atoms with Crippen molar-refractivity contribution >= 4 is 28.4 Å². The first-order valence-electron chi connectivity index (χ1n) is 7.92. The molecular weight excluding hydrogens is 316 g/mol. The molecule has 128 valence electrons. The van der Waals surface area contributed by atoms with Crippen LogP contribution in [0.5, 0.6) is 0 Å². The molecule has 3 rings (SSSR count).